The van der Waals surface area contributed by atoms with E-state index in [9.17, 15) is 0 Å². The lowest BCUT2D eigenvalue weighted by molar-refractivity contribution is -0.00354. The van der Waals surface area contributed by atoms with Crippen molar-refractivity contribution >= 4 is 10.8 Å². The summed E-state index contributed by atoms with van der Waals surface area (Å²) in [5, 5.41) is 2.69. The zero-order chi connectivity index (χ0) is 22.0. The van der Waals surface area contributed by atoms with Crippen molar-refractivity contribution in [3.63, 3.8) is 0 Å². The van der Waals surface area contributed by atoms with Gasteiger partial charge in [0.25, 0.3) is 0 Å². The minimum Gasteiger partial charge on any atom is -0.297 e. The maximum atomic E-state index is 2.79. The first kappa shape index (κ1) is 20.7. The van der Waals surface area contributed by atoms with Crippen LogP contribution in [0.3, 0.4) is 0 Å². The molecule has 2 heterocycles. The Bertz CT molecular complexity index is 1160. The molecule has 2 saturated heterocycles. The standard InChI is InChI=1S/C31H32N2/c1-3-10-26(11-4-1)31(27-12-5-2-6-13-27)30-18-17-29-23-33(30)20-19-32(29)22-24-15-16-25-9-7-8-14-28(25)21-24/h1-16,21,29-31H,17-20,22-23H2/t29-,30-/m1/s1. The summed E-state index contributed by atoms with van der Waals surface area (Å²) in [6.45, 7) is 4.57. The topological polar surface area (TPSA) is 6.48 Å². The molecule has 0 aromatic heterocycles. The SMILES string of the molecule is c1ccc(C(c2ccccc2)[C@H]2CC[C@@H]3CN2CCN3Cc2ccc3ccccc3c2)cc1. The molecule has 0 amide bonds. The van der Waals surface area contributed by atoms with E-state index >= 15 is 0 Å². The van der Waals surface area contributed by atoms with Gasteiger partial charge < -0.3 is 0 Å². The van der Waals surface area contributed by atoms with Crippen molar-refractivity contribution in [1.29, 1.82) is 0 Å². The van der Waals surface area contributed by atoms with E-state index in [0.29, 0.717) is 18.0 Å². The summed E-state index contributed by atoms with van der Waals surface area (Å²) in [6.07, 6.45) is 2.54. The molecule has 1 unspecified atom stereocenters. The van der Waals surface area contributed by atoms with Crippen molar-refractivity contribution in [3.05, 3.63) is 120 Å². The third-order valence-electron chi connectivity index (χ3n) is 7.80. The number of rotatable bonds is 5. The lowest BCUT2D eigenvalue weighted by Gasteiger charge is -2.51. The Morgan fingerprint density at radius 3 is 2.06 bits per heavy atom. The predicted octanol–water partition coefficient (Wildman–Crippen LogP) is 6.32. The van der Waals surface area contributed by atoms with Crippen LogP contribution in [0, 0.1) is 0 Å². The summed E-state index contributed by atoms with van der Waals surface area (Å²) in [7, 11) is 0. The van der Waals surface area contributed by atoms with Gasteiger partial charge in [0, 0.05) is 44.2 Å². The van der Waals surface area contributed by atoms with Crippen molar-refractivity contribution in [2.75, 3.05) is 19.6 Å². The van der Waals surface area contributed by atoms with Crippen LogP contribution in [-0.4, -0.2) is 41.5 Å². The van der Waals surface area contributed by atoms with Gasteiger partial charge in [-0.05, 0) is 46.4 Å². The fourth-order valence-corrected chi connectivity index (χ4v) is 6.15. The van der Waals surface area contributed by atoms with Crippen molar-refractivity contribution in [3.8, 4) is 0 Å². The molecule has 2 aliphatic rings. The molecule has 2 fully saturated rings. The number of hydrogen-bond donors (Lipinski definition) is 0. The minimum atomic E-state index is 0.445. The average Bonchev–Trinajstić information content (AvgIpc) is 2.88. The third-order valence-corrected chi connectivity index (χ3v) is 7.80. The Kier molecular flexibility index (Phi) is 5.71. The van der Waals surface area contributed by atoms with Crippen LogP contribution >= 0.6 is 0 Å². The second kappa shape index (κ2) is 9.13. The van der Waals surface area contributed by atoms with E-state index in [-0.39, 0.29) is 0 Å². The molecule has 4 aromatic rings. The van der Waals surface area contributed by atoms with E-state index < -0.39 is 0 Å². The molecule has 2 bridgehead atoms. The second-order valence-corrected chi connectivity index (χ2v) is 9.74. The Morgan fingerprint density at radius 2 is 1.33 bits per heavy atom. The van der Waals surface area contributed by atoms with Gasteiger partial charge in [-0.15, -0.1) is 0 Å². The van der Waals surface area contributed by atoms with Gasteiger partial charge in [0.05, 0.1) is 0 Å². The van der Waals surface area contributed by atoms with Crippen LogP contribution in [0.15, 0.2) is 103 Å². The summed E-state index contributed by atoms with van der Waals surface area (Å²) in [5.74, 6) is 0.445. The van der Waals surface area contributed by atoms with Crippen molar-refractivity contribution < 1.29 is 0 Å². The first-order valence-corrected chi connectivity index (χ1v) is 12.4. The smallest absolute Gasteiger partial charge is 0.0245 e. The monoisotopic (exact) mass is 432 g/mol. The molecule has 0 aliphatic carbocycles. The van der Waals surface area contributed by atoms with Gasteiger partial charge in [0.15, 0.2) is 0 Å². The number of hydrogen-bond acceptors (Lipinski definition) is 2. The van der Waals surface area contributed by atoms with Gasteiger partial charge in [0.1, 0.15) is 0 Å². The molecular formula is C31H32N2. The summed E-state index contributed by atoms with van der Waals surface area (Å²) >= 11 is 0. The van der Waals surface area contributed by atoms with Gasteiger partial charge in [-0.2, -0.15) is 0 Å². The molecule has 0 N–H and O–H groups in total. The molecule has 3 atom stereocenters. The first-order valence-electron chi connectivity index (χ1n) is 12.4. The highest BCUT2D eigenvalue weighted by molar-refractivity contribution is 5.82. The molecule has 0 spiro atoms. The Morgan fingerprint density at radius 1 is 0.667 bits per heavy atom. The normalized spacial score (nSPS) is 23.1. The molecule has 33 heavy (non-hydrogen) atoms. The van der Waals surface area contributed by atoms with Crippen LogP contribution in [0.4, 0.5) is 0 Å². The van der Waals surface area contributed by atoms with Crippen LogP contribution in [0.25, 0.3) is 10.8 Å². The van der Waals surface area contributed by atoms with E-state index in [1.165, 1.54) is 46.8 Å². The molecule has 166 valence electrons. The quantitative estimate of drug-likeness (QED) is 0.364. The van der Waals surface area contributed by atoms with E-state index in [1.807, 2.05) is 0 Å². The van der Waals surface area contributed by atoms with Crippen LogP contribution in [0.2, 0.25) is 0 Å². The van der Waals surface area contributed by atoms with Crippen LogP contribution in [-0.2, 0) is 6.54 Å². The highest BCUT2D eigenvalue weighted by Crippen LogP contribution is 2.38. The lowest BCUT2D eigenvalue weighted by Crippen LogP contribution is -2.60. The molecular weight excluding hydrogens is 400 g/mol. The fraction of sp³-hybridized carbons (Fsp3) is 0.290. The largest absolute Gasteiger partial charge is 0.297 e. The Hall–Kier alpha value is -2.94. The summed E-state index contributed by atoms with van der Waals surface area (Å²) in [6, 6.07) is 39.2. The van der Waals surface area contributed by atoms with Crippen molar-refractivity contribution in [2.45, 2.75) is 37.4 Å². The third kappa shape index (κ3) is 4.21. The van der Waals surface area contributed by atoms with E-state index in [1.54, 1.807) is 0 Å². The summed E-state index contributed by atoms with van der Waals surface area (Å²) < 4.78 is 0. The van der Waals surface area contributed by atoms with E-state index in [2.05, 4.69) is 113 Å². The second-order valence-electron chi connectivity index (χ2n) is 9.74. The number of fused-ring (bicyclic) bond motifs is 3. The molecule has 2 nitrogen and oxygen atoms in total. The number of nitrogens with zero attached hydrogens (tertiary/aromatic N) is 2. The zero-order valence-electron chi connectivity index (χ0n) is 19.2. The van der Waals surface area contributed by atoms with Crippen molar-refractivity contribution in [1.82, 2.24) is 9.80 Å². The number of piperazine rings is 1. The minimum absolute atomic E-state index is 0.445. The van der Waals surface area contributed by atoms with Gasteiger partial charge in [-0.1, -0.05) is 97.1 Å². The molecule has 4 aromatic carbocycles. The van der Waals surface area contributed by atoms with Gasteiger partial charge in [0.2, 0.25) is 0 Å². The molecule has 2 heteroatoms. The van der Waals surface area contributed by atoms with Crippen molar-refractivity contribution in [2.24, 2.45) is 0 Å². The average molecular weight is 433 g/mol. The molecule has 0 saturated carbocycles. The van der Waals surface area contributed by atoms with Gasteiger partial charge in [-0.3, -0.25) is 9.80 Å². The summed E-state index contributed by atoms with van der Waals surface area (Å²) in [5.41, 5.74) is 4.34. The molecule has 2 aliphatic heterocycles. The number of piperidine rings is 1. The van der Waals surface area contributed by atoms with E-state index in [4.69, 9.17) is 0 Å². The Labute approximate surface area is 197 Å². The zero-order valence-corrected chi connectivity index (χ0v) is 19.2. The van der Waals surface area contributed by atoms with Crippen LogP contribution in [0.1, 0.15) is 35.4 Å². The van der Waals surface area contributed by atoms with Gasteiger partial charge in [-0.25, -0.2) is 0 Å². The van der Waals surface area contributed by atoms with Gasteiger partial charge >= 0.3 is 0 Å². The Balaban J connectivity index is 1.20. The predicted molar refractivity (Wildman–Crippen MR) is 137 cm³/mol. The fourth-order valence-electron chi connectivity index (χ4n) is 6.15. The molecule has 0 radical (unpaired) electrons. The lowest BCUT2D eigenvalue weighted by atomic mass is 9.79. The van der Waals surface area contributed by atoms with Crippen LogP contribution in [0.5, 0.6) is 0 Å². The maximum absolute atomic E-state index is 2.79. The number of benzene rings is 4. The summed E-state index contributed by atoms with van der Waals surface area (Å²) in [4.78, 5) is 5.52. The first-order chi connectivity index (χ1) is 16.3. The van der Waals surface area contributed by atoms with E-state index in [0.717, 1.165) is 19.6 Å². The molecule has 6 rings (SSSR count). The van der Waals surface area contributed by atoms with Crippen LogP contribution < -0.4 is 0 Å². The maximum Gasteiger partial charge on any atom is 0.0245 e. The highest BCUT2D eigenvalue weighted by Gasteiger charge is 2.39. The highest BCUT2D eigenvalue weighted by atomic mass is 15.3.